The molecule has 1 aliphatic heterocycles. The number of ketones is 1. The lowest BCUT2D eigenvalue weighted by molar-refractivity contribution is -0.120. The summed E-state index contributed by atoms with van der Waals surface area (Å²) in [5, 5.41) is 0. The number of hydrogen-bond donors (Lipinski definition) is 0. The van der Waals surface area contributed by atoms with E-state index in [1.807, 2.05) is 40.0 Å². The normalized spacial score (nSPS) is 24.2. The fourth-order valence-corrected chi connectivity index (χ4v) is 5.90. The van der Waals surface area contributed by atoms with Gasteiger partial charge in [-0.25, -0.2) is 0 Å². The Bertz CT molecular complexity index is 776. The largest absolute Gasteiger partial charge is 0.292 e. The van der Waals surface area contributed by atoms with Crippen LogP contribution in [-0.4, -0.2) is 12.0 Å². The van der Waals surface area contributed by atoms with Gasteiger partial charge in [0.2, 0.25) is 0 Å². The summed E-state index contributed by atoms with van der Waals surface area (Å²) in [4.78, 5) is 17.8. The van der Waals surface area contributed by atoms with Crippen molar-refractivity contribution >= 4 is 12.0 Å². The molecule has 2 saturated carbocycles. The summed E-state index contributed by atoms with van der Waals surface area (Å²) in [7, 11) is 0. The molecule has 178 valence electrons. The van der Waals surface area contributed by atoms with Gasteiger partial charge in [-0.2, -0.15) is 0 Å². The topological polar surface area (TPSA) is 29.4 Å². The van der Waals surface area contributed by atoms with Gasteiger partial charge in [0.1, 0.15) is 5.70 Å². The van der Waals surface area contributed by atoms with Gasteiger partial charge in [0.15, 0.2) is 5.78 Å². The Morgan fingerprint density at radius 1 is 1.03 bits per heavy atom. The Balaban J connectivity index is 0.000000860. The van der Waals surface area contributed by atoms with Gasteiger partial charge in [-0.1, -0.05) is 79.0 Å². The lowest BCUT2D eigenvalue weighted by Crippen LogP contribution is -2.26. The van der Waals surface area contributed by atoms with E-state index in [0.717, 1.165) is 36.8 Å². The fourth-order valence-electron chi connectivity index (χ4n) is 5.90. The number of aryl methyl sites for hydroxylation is 1. The lowest BCUT2D eigenvalue weighted by atomic mass is 9.80. The van der Waals surface area contributed by atoms with Crippen molar-refractivity contribution in [2.45, 2.75) is 99.8 Å². The molecule has 0 amide bonds. The van der Waals surface area contributed by atoms with Crippen molar-refractivity contribution in [3.63, 3.8) is 0 Å². The standard InChI is InChI=1S/C26H35NO.2C2H6/c1-17(2)12-22-13-19(10-9-18(22)3)14-24(26(28)25-8-5-11-27-25)23-15-20-6-4-7-21(20)16-23;2*1-2/h8-11,13,17,20-21,23-24H,4-7,12,14-16H2,1-3H3;2*1-2H3/t20-,21+,23?,24?;;. The number of benzene rings is 1. The Hall–Kier alpha value is -1.70. The second-order valence-corrected chi connectivity index (χ2v) is 9.85. The van der Waals surface area contributed by atoms with Crippen molar-refractivity contribution in [3.8, 4) is 0 Å². The highest BCUT2D eigenvalue weighted by Gasteiger charge is 2.42. The first-order valence-corrected chi connectivity index (χ1v) is 13.4. The third-order valence-corrected chi connectivity index (χ3v) is 7.33. The van der Waals surface area contributed by atoms with Crippen LogP contribution < -0.4 is 0 Å². The molecule has 2 fully saturated rings. The summed E-state index contributed by atoms with van der Waals surface area (Å²) in [6.07, 6.45) is 13.4. The van der Waals surface area contributed by atoms with Crippen molar-refractivity contribution in [3.05, 3.63) is 46.7 Å². The first-order valence-electron chi connectivity index (χ1n) is 13.4. The number of carbonyl (C=O) groups is 1. The lowest BCUT2D eigenvalue weighted by Gasteiger charge is -2.24. The Morgan fingerprint density at radius 3 is 2.25 bits per heavy atom. The molecule has 0 bridgehead atoms. The van der Waals surface area contributed by atoms with E-state index >= 15 is 0 Å². The van der Waals surface area contributed by atoms with Crippen LogP contribution in [0.3, 0.4) is 0 Å². The van der Waals surface area contributed by atoms with Crippen LogP contribution in [0.2, 0.25) is 0 Å². The van der Waals surface area contributed by atoms with Crippen LogP contribution in [0.25, 0.3) is 0 Å². The smallest absolute Gasteiger partial charge is 0.184 e. The van der Waals surface area contributed by atoms with Gasteiger partial charge in [-0.3, -0.25) is 9.79 Å². The summed E-state index contributed by atoms with van der Waals surface area (Å²) >= 11 is 0. The number of nitrogens with zero attached hydrogens (tertiary/aromatic N) is 1. The quantitative estimate of drug-likeness (QED) is 0.423. The Kier molecular flexibility index (Phi) is 10.9. The molecule has 2 nitrogen and oxygen atoms in total. The molecular weight excluding hydrogens is 390 g/mol. The van der Waals surface area contributed by atoms with Crippen LogP contribution >= 0.6 is 0 Å². The molecule has 0 N–H and O–H groups in total. The molecule has 4 atom stereocenters. The highest BCUT2D eigenvalue weighted by atomic mass is 16.1. The number of rotatable bonds is 7. The molecule has 2 aliphatic carbocycles. The molecule has 0 radical (unpaired) electrons. The number of Topliss-reactive ketones (excluding diaryl/α,β-unsaturated/α-hetero) is 1. The van der Waals surface area contributed by atoms with Crippen LogP contribution in [0, 0.1) is 36.5 Å². The molecule has 1 aromatic carbocycles. The Morgan fingerprint density at radius 2 is 1.69 bits per heavy atom. The monoisotopic (exact) mass is 437 g/mol. The van der Waals surface area contributed by atoms with E-state index in [4.69, 9.17) is 0 Å². The van der Waals surface area contributed by atoms with Gasteiger partial charge in [0.25, 0.3) is 0 Å². The van der Waals surface area contributed by atoms with Gasteiger partial charge in [-0.15, -0.1) is 0 Å². The zero-order valence-corrected chi connectivity index (χ0v) is 21.8. The van der Waals surface area contributed by atoms with Gasteiger partial charge in [0.05, 0.1) is 0 Å². The zero-order valence-electron chi connectivity index (χ0n) is 21.8. The van der Waals surface area contributed by atoms with E-state index in [9.17, 15) is 4.79 Å². The number of fused-ring (bicyclic) bond motifs is 1. The summed E-state index contributed by atoms with van der Waals surface area (Å²) in [5.41, 5.74) is 4.87. The third-order valence-electron chi connectivity index (χ3n) is 7.33. The zero-order chi connectivity index (χ0) is 23.7. The highest BCUT2D eigenvalue weighted by molar-refractivity contribution is 6.00. The summed E-state index contributed by atoms with van der Waals surface area (Å²) in [6, 6.07) is 6.88. The average molecular weight is 438 g/mol. The summed E-state index contributed by atoms with van der Waals surface area (Å²) in [5.74, 6) is 3.33. The van der Waals surface area contributed by atoms with E-state index in [1.54, 1.807) is 0 Å². The van der Waals surface area contributed by atoms with Gasteiger partial charge >= 0.3 is 0 Å². The van der Waals surface area contributed by atoms with Crippen LogP contribution in [0.15, 0.2) is 35.0 Å². The molecule has 0 spiro atoms. The van der Waals surface area contributed by atoms with E-state index in [2.05, 4.69) is 44.0 Å². The molecule has 32 heavy (non-hydrogen) atoms. The van der Waals surface area contributed by atoms with Crippen LogP contribution in [0.5, 0.6) is 0 Å². The van der Waals surface area contributed by atoms with E-state index < -0.39 is 0 Å². The third kappa shape index (κ3) is 6.65. The van der Waals surface area contributed by atoms with E-state index in [1.165, 1.54) is 48.8 Å². The van der Waals surface area contributed by atoms with Crippen LogP contribution in [-0.2, 0) is 17.6 Å². The second kappa shape index (κ2) is 13.1. The molecule has 1 aromatic rings. The minimum absolute atomic E-state index is 0.0988. The first kappa shape index (κ1) is 26.6. The minimum atomic E-state index is 0.0988. The van der Waals surface area contributed by atoms with Crippen molar-refractivity contribution < 1.29 is 4.79 Å². The van der Waals surface area contributed by atoms with Gasteiger partial charge in [-0.05, 0) is 79.0 Å². The number of aliphatic imine (C=N–C) groups is 1. The maximum atomic E-state index is 13.4. The maximum Gasteiger partial charge on any atom is 0.184 e. The first-order chi connectivity index (χ1) is 15.5. The number of hydrogen-bond acceptors (Lipinski definition) is 2. The molecule has 1 heterocycles. The van der Waals surface area contributed by atoms with Crippen molar-refractivity contribution in [1.82, 2.24) is 0 Å². The van der Waals surface area contributed by atoms with Crippen LogP contribution in [0.1, 0.15) is 96.8 Å². The molecular formula is C30H47NO. The van der Waals surface area contributed by atoms with Gasteiger partial charge in [0, 0.05) is 18.6 Å². The molecule has 0 saturated heterocycles. The predicted molar refractivity (Wildman–Crippen MR) is 139 cm³/mol. The van der Waals surface area contributed by atoms with Gasteiger partial charge < -0.3 is 0 Å². The number of allylic oxidation sites excluding steroid dienone is 2. The highest BCUT2D eigenvalue weighted by Crippen LogP contribution is 2.50. The summed E-state index contributed by atoms with van der Waals surface area (Å²) < 4.78 is 0. The number of carbonyl (C=O) groups excluding carboxylic acids is 1. The molecule has 4 rings (SSSR count). The molecule has 2 heteroatoms. The van der Waals surface area contributed by atoms with Crippen molar-refractivity contribution in [2.75, 3.05) is 0 Å². The van der Waals surface area contributed by atoms with E-state index in [-0.39, 0.29) is 5.92 Å². The second-order valence-electron chi connectivity index (χ2n) is 9.85. The van der Waals surface area contributed by atoms with E-state index in [0.29, 0.717) is 17.6 Å². The van der Waals surface area contributed by atoms with Crippen molar-refractivity contribution in [1.29, 1.82) is 0 Å². The summed E-state index contributed by atoms with van der Waals surface area (Å²) in [6.45, 7) is 14.8. The van der Waals surface area contributed by atoms with Crippen LogP contribution in [0.4, 0.5) is 0 Å². The molecule has 3 aliphatic rings. The minimum Gasteiger partial charge on any atom is -0.292 e. The molecule has 0 aromatic heterocycles. The van der Waals surface area contributed by atoms with Crippen molar-refractivity contribution in [2.24, 2.45) is 34.6 Å². The molecule has 2 unspecified atom stereocenters. The SMILES string of the molecule is CC.CC.Cc1ccc(CC(C(=O)C2=CCC=N2)C2C[C@H]3CCC[C@H]3C2)cc1CC(C)C. The average Bonchev–Trinajstić information content (AvgIpc) is 3.54. The Labute approximate surface area is 198 Å². The maximum absolute atomic E-state index is 13.4. The predicted octanol–water partition coefficient (Wildman–Crippen LogP) is 8.16. The fraction of sp³-hybridized carbons (Fsp3) is 0.667.